The fraction of sp³-hybridized carbons (Fsp3) is 0.0833. The van der Waals surface area contributed by atoms with Gasteiger partial charge in [-0.15, -0.1) is 0 Å². The van der Waals surface area contributed by atoms with Gasteiger partial charge in [-0.05, 0) is 48.0 Å². The van der Waals surface area contributed by atoms with Crippen molar-refractivity contribution in [3.8, 4) is 28.4 Å². The Hall–Kier alpha value is -3.58. The van der Waals surface area contributed by atoms with Gasteiger partial charge in [0.2, 0.25) is 0 Å². The fourth-order valence-electron chi connectivity index (χ4n) is 3.13. The van der Waals surface area contributed by atoms with Gasteiger partial charge in [0.05, 0.1) is 30.7 Å². The van der Waals surface area contributed by atoms with E-state index >= 15 is 0 Å². The summed E-state index contributed by atoms with van der Waals surface area (Å²) in [5.41, 5.74) is 1.66. The number of benzene rings is 3. The van der Waals surface area contributed by atoms with Gasteiger partial charge in [-0.3, -0.25) is 4.79 Å². The monoisotopic (exact) mass is 480 g/mol. The molecule has 31 heavy (non-hydrogen) atoms. The standard InChI is InChI=1S/C24H17BrO6/c1-28-20-10-5-15(11-22(20)29-2)24(27)31-17-8-9-18-21(12-17)30-13-19(23(18)26)14-3-6-16(25)7-4-14/h3-13H,1-2H3. The first-order valence-electron chi connectivity index (χ1n) is 9.26. The third-order valence-corrected chi connectivity index (χ3v) is 5.26. The number of hydrogen-bond donors (Lipinski definition) is 0. The van der Waals surface area contributed by atoms with Crippen molar-refractivity contribution in [2.45, 2.75) is 0 Å². The highest BCUT2D eigenvalue weighted by molar-refractivity contribution is 9.10. The van der Waals surface area contributed by atoms with Crippen LogP contribution in [0.15, 0.2) is 80.6 Å². The molecule has 1 heterocycles. The van der Waals surface area contributed by atoms with E-state index in [1.807, 2.05) is 24.3 Å². The third kappa shape index (κ3) is 4.18. The van der Waals surface area contributed by atoms with Crippen LogP contribution in [0.3, 0.4) is 0 Å². The van der Waals surface area contributed by atoms with E-state index in [-0.39, 0.29) is 11.2 Å². The zero-order valence-electron chi connectivity index (χ0n) is 16.7. The Balaban J connectivity index is 1.62. The first kappa shape index (κ1) is 20.7. The maximum atomic E-state index is 12.9. The number of carbonyl (C=O) groups excluding carboxylic acids is 1. The van der Waals surface area contributed by atoms with E-state index in [1.165, 1.54) is 32.6 Å². The average molecular weight is 481 g/mol. The molecule has 0 amide bonds. The molecule has 0 saturated heterocycles. The highest BCUT2D eigenvalue weighted by atomic mass is 79.9. The number of esters is 1. The van der Waals surface area contributed by atoms with Gasteiger partial charge in [0.15, 0.2) is 16.9 Å². The summed E-state index contributed by atoms with van der Waals surface area (Å²) < 4.78 is 22.4. The molecule has 6 nitrogen and oxygen atoms in total. The van der Waals surface area contributed by atoms with E-state index in [0.717, 1.165) is 10.0 Å². The Morgan fingerprint density at radius 3 is 2.35 bits per heavy atom. The van der Waals surface area contributed by atoms with Crippen molar-refractivity contribution in [3.63, 3.8) is 0 Å². The maximum Gasteiger partial charge on any atom is 0.343 e. The van der Waals surface area contributed by atoms with E-state index in [1.54, 1.807) is 24.3 Å². The number of rotatable bonds is 5. The van der Waals surface area contributed by atoms with Crippen LogP contribution in [0.25, 0.3) is 22.1 Å². The van der Waals surface area contributed by atoms with Gasteiger partial charge in [0, 0.05) is 10.5 Å². The van der Waals surface area contributed by atoms with Crippen LogP contribution in [-0.4, -0.2) is 20.2 Å². The highest BCUT2D eigenvalue weighted by Gasteiger charge is 2.15. The number of ether oxygens (including phenoxy) is 3. The molecule has 4 rings (SSSR count). The van der Waals surface area contributed by atoms with Crippen LogP contribution in [0.1, 0.15) is 10.4 Å². The normalized spacial score (nSPS) is 10.7. The number of hydrogen-bond acceptors (Lipinski definition) is 6. The van der Waals surface area contributed by atoms with E-state index < -0.39 is 5.97 Å². The van der Waals surface area contributed by atoms with Crippen LogP contribution in [0.2, 0.25) is 0 Å². The molecular formula is C24H17BrO6. The molecule has 0 radical (unpaired) electrons. The third-order valence-electron chi connectivity index (χ3n) is 4.73. The first-order valence-corrected chi connectivity index (χ1v) is 10.0. The summed E-state index contributed by atoms with van der Waals surface area (Å²) in [6, 6.07) is 16.8. The van der Waals surface area contributed by atoms with Crippen LogP contribution < -0.4 is 19.6 Å². The smallest absolute Gasteiger partial charge is 0.343 e. The number of methoxy groups -OCH3 is 2. The second-order valence-electron chi connectivity index (χ2n) is 6.60. The van der Waals surface area contributed by atoms with Gasteiger partial charge in [-0.1, -0.05) is 28.1 Å². The van der Waals surface area contributed by atoms with Crippen LogP contribution >= 0.6 is 15.9 Å². The van der Waals surface area contributed by atoms with Crippen molar-refractivity contribution >= 4 is 32.9 Å². The minimum atomic E-state index is -0.575. The highest BCUT2D eigenvalue weighted by Crippen LogP contribution is 2.29. The largest absolute Gasteiger partial charge is 0.493 e. The number of fused-ring (bicyclic) bond motifs is 1. The molecule has 1 aromatic heterocycles. The summed E-state index contributed by atoms with van der Waals surface area (Å²) in [6.07, 6.45) is 1.41. The molecule has 3 aromatic carbocycles. The molecule has 0 spiro atoms. The second-order valence-corrected chi connectivity index (χ2v) is 7.52. The molecule has 4 aromatic rings. The molecule has 156 valence electrons. The minimum Gasteiger partial charge on any atom is -0.493 e. The Morgan fingerprint density at radius 1 is 0.903 bits per heavy atom. The zero-order chi connectivity index (χ0) is 22.0. The summed E-state index contributed by atoms with van der Waals surface area (Å²) in [5.74, 6) is 0.607. The van der Waals surface area contributed by atoms with Gasteiger partial charge in [0.25, 0.3) is 0 Å². The topological polar surface area (TPSA) is 75.0 Å². The van der Waals surface area contributed by atoms with Crippen LogP contribution in [0, 0.1) is 0 Å². The van der Waals surface area contributed by atoms with Crippen molar-refractivity contribution in [2.24, 2.45) is 0 Å². The molecule has 0 aliphatic rings. The van der Waals surface area contributed by atoms with Crippen LogP contribution in [-0.2, 0) is 0 Å². The van der Waals surface area contributed by atoms with Crippen molar-refractivity contribution < 1.29 is 23.4 Å². The lowest BCUT2D eigenvalue weighted by molar-refractivity contribution is 0.0734. The molecule has 0 aliphatic heterocycles. The molecular weight excluding hydrogens is 464 g/mol. The van der Waals surface area contributed by atoms with Gasteiger partial charge >= 0.3 is 5.97 Å². The predicted molar refractivity (Wildman–Crippen MR) is 120 cm³/mol. The number of halogens is 1. The van der Waals surface area contributed by atoms with E-state index in [0.29, 0.717) is 33.6 Å². The Bertz CT molecular complexity index is 1320. The number of carbonyl (C=O) groups is 1. The summed E-state index contributed by atoms with van der Waals surface area (Å²) in [5, 5.41) is 0.395. The summed E-state index contributed by atoms with van der Waals surface area (Å²) in [7, 11) is 3.00. The Morgan fingerprint density at radius 2 is 1.65 bits per heavy atom. The fourth-order valence-corrected chi connectivity index (χ4v) is 3.39. The predicted octanol–water partition coefficient (Wildman–Crippen LogP) is 5.46. The second kappa shape index (κ2) is 8.65. The Labute approximate surface area is 186 Å². The van der Waals surface area contributed by atoms with Crippen molar-refractivity contribution in [1.82, 2.24) is 0 Å². The van der Waals surface area contributed by atoms with Crippen LogP contribution in [0.5, 0.6) is 17.2 Å². The first-order chi connectivity index (χ1) is 15.0. The van der Waals surface area contributed by atoms with E-state index in [9.17, 15) is 9.59 Å². The van der Waals surface area contributed by atoms with Crippen molar-refractivity contribution in [2.75, 3.05) is 14.2 Å². The molecule has 0 unspecified atom stereocenters. The van der Waals surface area contributed by atoms with E-state index in [4.69, 9.17) is 18.6 Å². The average Bonchev–Trinajstić information content (AvgIpc) is 2.79. The summed E-state index contributed by atoms with van der Waals surface area (Å²) in [6.45, 7) is 0. The molecule has 0 bridgehead atoms. The van der Waals surface area contributed by atoms with Gasteiger partial charge in [-0.2, -0.15) is 0 Å². The SMILES string of the molecule is COc1ccc(C(=O)Oc2ccc3c(=O)c(-c4ccc(Br)cc4)coc3c2)cc1OC. The van der Waals surface area contributed by atoms with Gasteiger partial charge in [-0.25, -0.2) is 4.79 Å². The molecule has 0 atom stereocenters. The molecule has 0 fully saturated rings. The van der Waals surface area contributed by atoms with Crippen LogP contribution in [0.4, 0.5) is 0 Å². The zero-order valence-corrected chi connectivity index (χ0v) is 18.3. The lowest BCUT2D eigenvalue weighted by atomic mass is 10.1. The molecule has 0 saturated carbocycles. The van der Waals surface area contributed by atoms with E-state index in [2.05, 4.69) is 15.9 Å². The molecule has 0 N–H and O–H groups in total. The minimum absolute atomic E-state index is 0.165. The van der Waals surface area contributed by atoms with Gasteiger partial charge in [0.1, 0.15) is 17.6 Å². The molecule has 7 heteroatoms. The Kier molecular flexibility index (Phi) is 5.77. The maximum absolute atomic E-state index is 12.9. The lowest BCUT2D eigenvalue weighted by Crippen LogP contribution is -2.09. The lowest BCUT2D eigenvalue weighted by Gasteiger charge is -2.10. The van der Waals surface area contributed by atoms with Gasteiger partial charge < -0.3 is 18.6 Å². The summed E-state index contributed by atoms with van der Waals surface area (Å²) >= 11 is 3.38. The summed E-state index contributed by atoms with van der Waals surface area (Å²) in [4.78, 5) is 25.4. The molecule has 0 aliphatic carbocycles. The van der Waals surface area contributed by atoms with Crippen molar-refractivity contribution in [3.05, 3.63) is 87.2 Å². The quantitative estimate of drug-likeness (QED) is 0.279. The van der Waals surface area contributed by atoms with Crippen molar-refractivity contribution in [1.29, 1.82) is 0 Å².